The Kier molecular flexibility index (Phi) is 5.22. The largest absolute Gasteiger partial charge is 0.396 e. The summed E-state index contributed by atoms with van der Waals surface area (Å²) in [6.07, 6.45) is 6.04. The van der Waals surface area contributed by atoms with Crippen LogP contribution in [0.15, 0.2) is 0 Å². The molecule has 2 fully saturated rings. The van der Waals surface area contributed by atoms with Crippen LogP contribution < -0.4 is 5.32 Å². The molecule has 2 aliphatic heterocycles. The number of rotatable bonds is 6. The minimum Gasteiger partial charge on any atom is -0.396 e. The summed E-state index contributed by atoms with van der Waals surface area (Å²) < 4.78 is 5.20. The molecule has 0 saturated carbocycles. The van der Waals surface area contributed by atoms with Crippen molar-refractivity contribution in [1.82, 2.24) is 10.2 Å². The van der Waals surface area contributed by atoms with Gasteiger partial charge < -0.3 is 20.1 Å². The Hall–Kier alpha value is -0.160. The van der Waals surface area contributed by atoms with E-state index in [1.165, 1.54) is 38.8 Å². The van der Waals surface area contributed by atoms with Gasteiger partial charge in [-0.3, -0.25) is 0 Å². The standard InChI is InChI=1S/C13H26N2O2/c1-17-10-12(5-8-16)14-11-4-7-15-6-2-3-13(15)9-11/h11-14,16H,2-10H2,1H3. The summed E-state index contributed by atoms with van der Waals surface area (Å²) in [6.45, 7) is 3.48. The van der Waals surface area contributed by atoms with Crippen LogP contribution in [0.4, 0.5) is 0 Å². The Labute approximate surface area is 104 Å². The minimum atomic E-state index is 0.239. The second kappa shape index (κ2) is 6.69. The van der Waals surface area contributed by atoms with Gasteiger partial charge in [-0.05, 0) is 45.2 Å². The van der Waals surface area contributed by atoms with Crippen LogP contribution in [0.3, 0.4) is 0 Å². The van der Waals surface area contributed by atoms with E-state index in [1.54, 1.807) is 7.11 Å². The lowest BCUT2D eigenvalue weighted by Gasteiger charge is -2.37. The molecule has 0 bridgehead atoms. The summed E-state index contributed by atoms with van der Waals surface area (Å²) in [7, 11) is 1.73. The molecule has 3 atom stereocenters. The molecular formula is C13H26N2O2. The molecule has 100 valence electrons. The molecule has 0 aliphatic carbocycles. The molecule has 2 heterocycles. The van der Waals surface area contributed by atoms with E-state index in [0.717, 1.165) is 12.5 Å². The Morgan fingerprint density at radius 3 is 3.06 bits per heavy atom. The van der Waals surface area contributed by atoms with Crippen molar-refractivity contribution in [2.75, 3.05) is 33.4 Å². The normalized spacial score (nSPS) is 31.4. The number of piperidine rings is 1. The number of ether oxygens (including phenoxy) is 1. The van der Waals surface area contributed by atoms with E-state index in [4.69, 9.17) is 9.84 Å². The summed E-state index contributed by atoms with van der Waals surface area (Å²) in [5.41, 5.74) is 0. The van der Waals surface area contributed by atoms with Crippen LogP contribution in [0.1, 0.15) is 32.1 Å². The topological polar surface area (TPSA) is 44.7 Å². The molecule has 0 aromatic heterocycles. The minimum absolute atomic E-state index is 0.239. The van der Waals surface area contributed by atoms with Crippen molar-refractivity contribution in [2.45, 2.75) is 50.2 Å². The lowest BCUT2D eigenvalue weighted by molar-refractivity contribution is 0.118. The third kappa shape index (κ3) is 3.65. The van der Waals surface area contributed by atoms with Gasteiger partial charge in [-0.1, -0.05) is 0 Å². The maximum atomic E-state index is 9.04. The molecule has 2 aliphatic rings. The fourth-order valence-corrected chi connectivity index (χ4v) is 3.28. The monoisotopic (exact) mass is 242 g/mol. The summed E-state index contributed by atoms with van der Waals surface area (Å²) in [4.78, 5) is 2.63. The molecule has 2 N–H and O–H groups in total. The van der Waals surface area contributed by atoms with Crippen molar-refractivity contribution >= 4 is 0 Å². The summed E-state index contributed by atoms with van der Waals surface area (Å²) >= 11 is 0. The second-order valence-corrected chi connectivity index (χ2v) is 5.38. The molecule has 0 radical (unpaired) electrons. The Morgan fingerprint density at radius 1 is 1.41 bits per heavy atom. The Morgan fingerprint density at radius 2 is 2.29 bits per heavy atom. The van der Waals surface area contributed by atoms with E-state index in [2.05, 4.69) is 10.2 Å². The number of aliphatic hydroxyl groups excluding tert-OH is 1. The summed E-state index contributed by atoms with van der Waals surface area (Å²) in [5, 5.41) is 12.7. The fourth-order valence-electron chi connectivity index (χ4n) is 3.28. The number of aliphatic hydroxyl groups is 1. The molecule has 0 spiro atoms. The highest BCUT2D eigenvalue weighted by Crippen LogP contribution is 2.27. The first-order valence-corrected chi connectivity index (χ1v) is 6.93. The number of nitrogens with zero attached hydrogens (tertiary/aromatic N) is 1. The molecule has 0 amide bonds. The van der Waals surface area contributed by atoms with Crippen LogP contribution in [0.25, 0.3) is 0 Å². The third-order valence-electron chi connectivity index (χ3n) is 4.14. The molecule has 4 heteroatoms. The van der Waals surface area contributed by atoms with Crippen molar-refractivity contribution in [3.8, 4) is 0 Å². The van der Waals surface area contributed by atoms with Gasteiger partial charge in [0.25, 0.3) is 0 Å². The van der Waals surface area contributed by atoms with Gasteiger partial charge >= 0.3 is 0 Å². The molecule has 0 aromatic rings. The predicted molar refractivity (Wildman–Crippen MR) is 68.1 cm³/mol. The van der Waals surface area contributed by atoms with Crippen LogP contribution in [0.5, 0.6) is 0 Å². The SMILES string of the molecule is COCC(CCO)NC1CCN2CCCC2C1. The molecule has 2 saturated heterocycles. The van der Waals surface area contributed by atoms with Crippen molar-refractivity contribution in [2.24, 2.45) is 0 Å². The molecule has 4 nitrogen and oxygen atoms in total. The fraction of sp³-hybridized carbons (Fsp3) is 1.00. The van der Waals surface area contributed by atoms with Gasteiger partial charge in [-0.2, -0.15) is 0 Å². The Bertz CT molecular complexity index is 219. The van der Waals surface area contributed by atoms with E-state index in [9.17, 15) is 0 Å². The van der Waals surface area contributed by atoms with Crippen LogP contribution in [0, 0.1) is 0 Å². The zero-order valence-corrected chi connectivity index (χ0v) is 10.9. The average molecular weight is 242 g/mol. The van der Waals surface area contributed by atoms with Crippen LogP contribution in [0.2, 0.25) is 0 Å². The highest BCUT2D eigenvalue weighted by molar-refractivity contribution is 4.90. The summed E-state index contributed by atoms with van der Waals surface area (Å²) in [6, 6.07) is 1.72. The van der Waals surface area contributed by atoms with E-state index in [0.29, 0.717) is 18.7 Å². The molecule has 2 rings (SSSR count). The van der Waals surface area contributed by atoms with Gasteiger partial charge in [0.15, 0.2) is 0 Å². The molecular weight excluding hydrogens is 216 g/mol. The molecule has 17 heavy (non-hydrogen) atoms. The lowest BCUT2D eigenvalue weighted by atomic mass is 9.96. The van der Waals surface area contributed by atoms with Gasteiger partial charge in [0.05, 0.1) is 6.61 Å². The first-order valence-electron chi connectivity index (χ1n) is 6.93. The highest BCUT2D eigenvalue weighted by Gasteiger charge is 2.32. The van der Waals surface area contributed by atoms with Gasteiger partial charge in [-0.15, -0.1) is 0 Å². The predicted octanol–water partition coefficient (Wildman–Crippen LogP) is 0.600. The van der Waals surface area contributed by atoms with Crippen LogP contribution >= 0.6 is 0 Å². The zero-order chi connectivity index (χ0) is 12.1. The van der Waals surface area contributed by atoms with Crippen LogP contribution in [-0.4, -0.2) is 61.5 Å². The average Bonchev–Trinajstić information content (AvgIpc) is 2.77. The van der Waals surface area contributed by atoms with E-state index < -0.39 is 0 Å². The number of hydrogen-bond acceptors (Lipinski definition) is 4. The number of hydrogen-bond donors (Lipinski definition) is 2. The quantitative estimate of drug-likeness (QED) is 0.716. The smallest absolute Gasteiger partial charge is 0.0616 e. The van der Waals surface area contributed by atoms with Crippen molar-refractivity contribution in [3.63, 3.8) is 0 Å². The van der Waals surface area contributed by atoms with Gasteiger partial charge in [0, 0.05) is 31.8 Å². The van der Waals surface area contributed by atoms with Crippen molar-refractivity contribution in [1.29, 1.82) is 0 Å². The molecule has 3 unspecified atom stereocenters. The first kappa shape index (κ1) is 13.3. The van der Waals surface area contributed by atoms with Crippen LogP contribution in [-0.2, 0) is 4.74 Å². The van der Waals surface area contributed by atoms with Crippen molar-refractivity contribution in [3.05, 3.63) is 0 Å². The van der Waals surface area contributed by atoms with Gasteiger partial charge in [0.2, 0.25) is 0 Å². The maximum Gasteiger partial charge on any atom is 0.0616 e. The van der Waals surface area contributed by atoms with E-state index in [1.807, 2.05) is 0 Å². The summed E-state index contributed by atoms with van der Waals surface area (Å²) in [5.74, 6) is 0. The molecule has 0 aromatic carbocycles. The van der Waals surface area contributed by atoms with E-state index in [-0.39, 0.29) is 6.61 Å². The second-order valence-electron chi connectivity index (χ2n) is 5.38. The highest BCUT2D eigenvalue weighted by atomic mass is 16.5. The van der Waals surface area contributed by atoms with E-state index >= 15 is 0 Å². The number of nitrogens with one attached hydrogen (secondary N) is 1. The van der Waals surface area contributed by atoms with Crippen molar-refractivity contribution < 1.29 is 9.84 Å². The lowest BCUT2D eigenvalue weighted by Crippen LogP contribution is -2.49. The third-order valence-corrected chi connectivity index (χ3v) is 4.14. The maximum absolute atomic E-state index is 9.04. The van der Waals surface area contributed by atoms with Gasteiger partial charge in [0.1, 0.15) is 0 Å². The van der Waals surface area contributed by atoms with Gasteiger partial charge in [-0.25, -0.2) is 0 Å². The zero-order valence-electron chi connectivity index (χ0n) is 10.9. The number of fused-ring (bicyclic) bond motifs is 1. The first-order chi connectivity index (χ1) is 8.33. The Balaban J connectivity index is 1.77. The number of methoxy groups -OCH3 is 1.